The van der Waals surface area contributed by atoms with Gasteiger partial charge in [-0.25, -0.2) is 4.98 Å². The van der Waals surface area contributed by atoms with Crippen molar-refractivity contribution < 1.29 is 0 Å². The zero-order valence-electron chi connectivity index (χ0n) is 10.5. The van der Waals surface area contributed by atoms with Crippen molar-refractivity contribution in [1.29, 1.82) is 0 Å². The van der Waals surface area contributed by atoms with E-state index in [-0.39, 0.29) is 0 Å². The lowest BCUT2D eigenvalue weighted by atomic mass is 10.2. The molecule has 0 saturated heterocycles. The summed E-state index contributed by atoms with van der Waals surface area (Å²) in [7, 11) is 0. The van der Waals surface area contributed by atoms with E-state index in [1.54, 1.807) is 0 Å². The van der Waals surface area contributed by atoms with Crippen LogP contribution in [0.1, 0.15) is 37.5 Å². The molecule has 1 aliphatic rings. The average molecular weight is 318 g/mol. The number of halogens is 3. The van der Waals surface area contributed by atoms with Crippen molar-refractivity contribution in [3.63, 3.8) is 0 Å². The molecule has 2 nitrogen and oxygen atoms in total. The summed E-state index contributed by atoms with van der Waals surface area (Å²) in [5, 5.41) is 1.15. The van der Waals surface area contributed by atoms with Crippen LogP contribution in [0.25, 0.3) is 11.0 Å². The predicted octanol–water partition coefficient (Wildman–Crippen LogP) is 5.24. The highest BCUT2D eigenvalue weighted by atomic mass is 35.5. The minimum atomic E-state index is 0.528. The molecular formula is C14H15Cl3N2. The first-order valence-corrected chi connectivity index (χ1v) is 7.91. The molecule has 0 N–H and O–H groups in total. The molecule has 1 aromatic heterocycles. The highest BCUT2D eigenvalue weighted by Gasteiger charge is 2.22. The zero-order valence-corrected chi connectivity index (χ0v) is 12.8. The average Bonchev–Trinajstić information content (AvgIpc) is 2.98. The van der Waals surface area contributed by atoms with Gasteiger partial charge in [-0.1, -0.05) is 36.0 Å². The molecule has 1 aliphatic carbocycles. The van der Waals surface area contributed by atoms with Crippen molar-refractivity contribution in [3.8, 4) is 0 Å². The summed E-state index contributed by atoms with van der Waals surface area (Å²) in [5.74, 6) is 1.63. The molecule has 0 unspecified atom stereocenters. The molecule has 0 amide bonds. The fourth-order valence-electron chi connectivity index (χ4n) is 2.97. The number of aryl methyl sites for hydroxylation is 1. The van der Waals surface area contributed by atoms with Gasteiger partial charge in [-0.3, -0.25) is 0 Å². The van der Waals surface area contributed by atoms with E-state index in [2.05, 4.69) is 9.55 Å². The molecule has 2 aromatic rings. The van der Waals surface area contributed by atoms with Crippen molar-refractivity contribution in [1.82, 2.24) is 9.55 Å². The van der Waals surface area contributed by atoms with Crippen LogP contribution >= 0.6 is 34.8 Å². The van der Waals surface area contributed by atoms with Gasteiger partial charge in [0.15, 0.2) is 0 Å². The van der Waals surface area contributed by atoms with E-state index in [9.17, 15) is 0 Å². The molecule has 5 heteroatoms. The Hall–Kier alpha value is -0.440. The third-order valence-electron chi connectivity index (χ3n) is 3.81. The lowest BCUT2D eigenvalue weighted by Crippen LogP contribution is -2.09. The van der Waals surface area contributed by atoms with Crippen LogP contribution in [0.5, 0.6) is 0 Å². The second-order valence-electron chi connectivity index (χ2n) is 5.03. The maximum absolute atomic E-state index is 6.15. The second-order valence-corrected chi connectivity index (χ2v) is 6.22. The highest BCUT2D eigenvalue weighted by molar-refractivity contribution is 6.42. The molecule has 1 saturated carbocycles. The molecule has 0 bridgehead atoms. The molecule has 0 atom stereocenters. The van der Waals surface area contributed by atoms with Gasteiger partial charge in [0.1, 0.15) is 5.82 Å². The van der Waals surface area contributed by atoms with Crippen LogP contribution in [0.2, 0.25) is 10.0 Å². The van der Waals surface area contributed by atoms with Crippen molar-refractivity contribution in [2.45, 2.75) is 38.1 Å². The zero-order chi connectivity index (χ0) is 13.4. The van der Waals surface area contributed by atoms with Gasteiger partial charge in [0.2, 0.25) is 0 Å². The van der Waals surface area contributed by atoms with Crippen LogP contribution < -0.4 is 0 Å². The Morgan fingerprint density at radius 3 is 2.53 bits per heavy atom. The van der Waals surface area contributed by atoms with E-state index in [4.69, 9.17) is 34.8 Å². The number of aromatic nitrogens is 2. The van der Waals surface area contributed by atoms with E-state index in [0.29, 0.717) is 22.0 Å². The summed E-state index contributed by atoms with van der Waals surface area (Å²) in [6.07, 6.45) is 5.77. The summed E-state index contributed by atoms with van der Waals surface area (Å²) in [6.45, 7) is 0. The minimum absolute atomic E-state index is 0.528. The molecule has 3 rings (SSSR count). The lowest BCUT2D eigenvalue weighted by Gasteiger charge is -2.16. The van der Waals surface area contributed by atoms with E-state index >= 15 is 0 Å². The van der Waals surface area contributed by atoms with Crippen LogP contribution in [0.15, 0.2) is 12.1 Å². The van der Waals surface area contributed by atoms with Crippen molar-refractivity contribution in [2.75, 3.05) is 5.88 Å². The number of fused-ring (bicyclic) bond motifs is 1. The molecule has 102 valence electrons. The highest BCUT2D eigenvalue weighted by Crippen LogP contribution is 2.36. The van der Waals surface area contributed by atoms with E-state index in [1.165, 1.54) is 25.7 Å². The number of hydrogen-bond acceptors (Lipinski definition) is 1. The SMILES string of the molecule is ClCCc1nc2cc(Cl)c(Cl)cc2n1C1CCCC1. The fourth-order valence-corrected chi connectivity index (χ4v) is 3.46. The molecule has 19 heavy (non-hydrogen) atoms. The molecule has 1 aromatic carbocycles. The van der Waals surface area contributed by atoms with Gasteiger partial charge in [-0.05, 0) is 25.0 Å². The third kappa shape index (κ3) is 2.46. The van der Waals surface area contributed by atoms with Crippen molar-refractivity contribution in [3.05, 3.63) is 28.0 Å². The van der Waals surface area contributed by atoms with E-state index in [1.807, 2.05) is 12.1 Å². The summed E-state index contributed by atoms with van der Waals surface area (Å²) in [6, 6.07) is 4.31. The smallest absolute Gasteiger partial charge is 0.111 e. The molecule has 0 spiro atoms. The summed E-state index contributed by atoms with van der Waals surface area (Å²) in [5.41, 5.74) is 2.00. The fraction of sp³-hybridized carbons (Fsp3) is 0.500. The second kappa shape index (κ2) is 5.51. The quantitative estimate of drug-likeness (QED) is 0.708. The standard InChI is InChI=1S/C14H15Cl3N2/c15-6-5-14-18-12-7-10(16)11(17)8-13(12)19(14)9-3-1-2-4-9/h7-9H,1-6H2. The third-order valence-corrected chi connectivity index (χ3v) is 4.72. The lowest BCUT2D eigenvalue weighted by molar-refractivity contribution is 0.513. The topological polar surface area (TPSA) is 17.8 Å². The maximum Gasteiger partial charge on any atom is 0.111 e. The number of hydrogen-bond donors (Lipinski definition) is 0. The summed E-state index contributed by atoms with van der Waals surface area (Å²) in [4.78, 5) is 4.68. The Balaban J connectivity index is 2.19. The molecule has 1 heterocycles. The van der Waals surface area contributed by atoms with Gasteiger partial charge in [-0.15, -0.1) is 11.6 Å². The van der Waals surface area contributed by atoms with Gasteiger partial charge in [0.25, 0.3) is 0 Å². The van der Waals surface area contributed by atoms with Crippen LogP contribution in [-0.4, -0.2) is 15.4 Å². The Morgan fingerprint density at radius 1 is 1.16 bits per heavy atom. The van der Waals surface area contributed by atoms with Gasteiger partial charge >= 0.3 is 0 Å². The predicted molar refractivity (Wildman–Crippen MR) is 81.7 cm³/mol. The molecule has 0 radical (unpaired) electrons. The first kappa shape index (κ1) is 13.5. The Kier molecular flexibility index (Phi) is 3.93. The van der Waals surface area contributed by atoms with E-state index in [0.717, 1.165) is 23.3 Å². The normalized spacial score (nSPS) is 16.6. The largest absolute Gasteiger partial charge is 0.325 e. The Labute approximate surface area is 127 Å². The molecular weight excluding hydrogens is 303 g/mol. The van der Waals surface area contributed by atoms with Gasteiger partial charge < -0.3 is 4.57 Å². The Morgan fingerprint density at radius 2 is 1.84 bits per heavy atom. The molecule has 0 aliphatic heterocycles. The first-order chi connectivity index (χ1) is 9.20. The van der Waals surface area contributed by atoms with Gasteiger partial charge in [0, 0.05) is 18.3 Å². The number of nitrogens with zero attached hydrogens (tertiary/aromatic N) is 2. The monoisotopic (exact) mass is 316 g/mol. The van der Waals surface area contributed by atoms with Crippen LogP contribution in [0.3, 0.4) is 0 Å². The number of rotatable bonds is 3. The first-order valence-electron chi connectivity index (χ1n) is 6.62. The van der Waals surface area contributed by atoms with Crippen LogP contribution in [0, 0.1) is 0 Å². The van der Waals surface area contributed by atoms with E-state index < -0.39 is 0 Å². The minimum Gasteiger partial charge on any atom is -0.325 e. The van der Waals surface area contributed by atoms with Crippen molar-refractivity contribution >= 4 is 45.8 Å². The molecule has 1 fully saturated rings. The van der Waals surface area contributed by atoms with Gasteiger partial charge in [0.05, 0.1) is 21.1 Å². The summed E-state index contributed by atoms with van der Waals surface area (Å²) < 4.78 is 2.33. The number of alkyl halides is 1. The summed E-state index contributed by atoms with van der Waals surface area (Å²) >= 11 is 18.1. The van der Waals surface area contributed by atoms with Crippen molar-refractivity contribution in [2.24, 2.45) is 0 Å². The van der Waals surface area contributed by atoms with Crippen LogP contribution in [0.4, 0.5) is 0 Å². The number of benzene rings is 1. The maximum atomic E-state index is 6.15. The van der Waals surface area contributed by atoms with Gasteiger partial charge in [-0.2, -0.15) is 0 Å². The Bertz CT molecular complexity index is 600. The number of imidazole rings is 1. The van der Waals surface area contributed by atoms with Crippen LogP contribution in [-0.2, 0) is 6.42 Å².